The average Bonchev–Trinajstić information content (AvgIpc) is 2.35. The molecule has 0 atom stereocenters. The third kappa shape index (κ3) is 3.17. The van der Waals surface area contributed by atoms with Gasteiger partial charge >= 0.3 is 0 Å². The summed E-state index contributed by atoms with van der Waals surface area (Å²) in [6.45, 7) is 0. The zero-order valence-corrected chi connectivity index (χ0v) is 10.1. The van der Waals surface area contributed by atoms with Crippen LogP contribution in [0, 0.1) is 21.7 Å². The van der Waals surface area contributed by atoms with Gasteiger partial charge in [-0.05, 0) is 25.7 Å². The average molecular weight is 272 g/mol. The fourth-order valence-electron chi connectivity index (χ4n) is 2.14. The van der Waals surface area contributed by atoms with Crippen LogP contribution in [0.1, 0.15) is 25.7 Å². The molecule has 2 N–H and O–H groups in total. The van der Waals surface area contributed by atoms with Crippen molar-refractivity contribution < 1.29 is 18.4 Å². The minimum atomic E-state index is -1.05. The fraction of sp³-hybridized carbons (Fsp3) is 0.500. The van der Waals surface area contributed by atoms with E-state index in [0.717, 1.165) is 12.8 Å². The Labute approximate surface area is 108 Å². The zero-order chi connectivity index (χ0) is 14.0. The number of rotatable bonds is 3. The Morgan fingerprint density at radius 1 is 1.21 bits per heavy atom. The highest BCUT2D eigenvalue weighted by atomic mass is 19.1. The quantitative estimate of drug-likeness (QED) is 0.677. The number of nitro groups is 1. The second kappa shape index (κ2) is 5.48. The van der Waals surface area contributed by atoms with E-state index in [1.165, 1.54) is 0 Å². The van der Waals surface area contributed by atoms with Crippen LogP contribution < -0.4 is 10.5 Å². The smallest absolute Gasteiger partial charge is 0.275 e. The number of hydrogen-bond donors (Lipinski definition) is 1. The van der Waals surface area contributed by atoms with Gasteiger partial charge in [-0.3, -0.25) is 10.1 Å². The van der Waals surface area contributed by atoms with Crippen LogP contribution in [-0.4, -0.2) is 17.1 Å². The topological polar surface area (TPSA) is 78.4 Å². The molecule has 0 unspecified atom stereocenters. The molecule has 0 aromatic heterocycles. The van der Waals surface area contributed by atoms with E-state index in [1.54, 1.807) is 0 Å². The molecule has 1 aromatic carbocycles. The van der Waals surface area contributed by atoms with Crippen molar-refractivity contribution in [1.82, 2.24) is 0 Å². The first-order valence-electron chi connectivity index (χ1n) is 6.03. The number of hydrogen-bond acceptors (Lipinski definition) is 4. The first kappa shape index (κ1) is 13.7. The van der Waals surface area contributed by atoms with Crippen molar-refractivity contribution in [2.24, 2.45) is 5.73 Å². The van der Waals surface area contributed by atoms with Gasteiger partial charge < -0.3 is 10.5 Å². The maximum absolute atomic E-state index is 13.6. The molecule has 0 aliphatic heterocycles. The van der Waals surface area contributed by atoms with Crippen molar-refractivity contribution in [3.05, 3.63) is 33.9 Å². The van der Waals surface area contributed by atoms with Crippen LogP contribution in [0.25, 0.3) is 0 Å². The summed E-state index contributed by atoms with van der Waals surface area (Å²) in [5.41, 5.74) is 5.09. The van der Waals surface area contributed by atoms with Gasteiger partial charge in [-0.1, -0.05) is 0 Å². The maximum atomic E-state index is 13.6. The largest absolute Gasteiger partial charge is 0.484 e. The van der Waals surface area contributed by atoms with Crippen molar-refractivity contribution >= 4 is 5.69 Å². The third-order valence-electron chi connectivity index (χ3n) is 3.20. The molecule has 0 bridgehead atoms. The minimum absolute atomic E-state index is 0.103. The van der Waals surface area contributed by atoms with Crippen LogP contribution in [0.2, 0.25) is 0 Å². The fourth-order valence-corrected chi connectivity index (χ4v) is 2.14. The lowest BCUT2D eigenvalue weighted by Crippen LogP contribution is -2.32. The Hall–Kier alpha value is -1.76. The standard InChI is InChI=1S/C12H14F2N2O3/c13-10-5-8(16(17)18)6-11(14)12(10)19-9-3-1-7(15)2-4-9/h5-7,9H,1-4,15H2. The molecule has 7 heteroatoms. The Bertz CT molecular complexity index is 465. The van der Waals surface area contributed by atoms with E-state index in [0.29, 0.717) is 25.0 Å². The highest BCUT2D eigenvalue weighted by Gasteiger charge is 2.24. The summed E-state index contributed by atoms with van der Waals surface area (Å²) in [4.78, 5) is 9.61. The predicted octanol–water partition coefficient (Wildman–Crippen LogP) is 2.52. The second-order valence-electron chi connectivity index (χ2n) is 4.65. The molecule has 0 heterocycles. The molecule has 0 spiro atoms. The molecular formula is C12H14F2N2O3. The van der Waals surface area contributed by atoms with Gasteiger partial charge in [0.05, 0.1) is 23.2 Å². The van der Waals surface area contributed by atoms with Gasteiger partial charge in [0, 0.05) is 6.04 Å². The summed E-state index contributed by atoms with van der Waals surface area (Å²) in [5, 5.41) is 10.5. The molecule has 1 fully saturated rings. The van der Waals surface area contributed by atoms with Gasteiger partial charge in [0.15, 0.2) is 17.4 Å². The monoisotopic (exact) mass is 272 g/mol. The molecule has 5 nitrogen and oxygen atoms in total. The van der Waals surface area contributed by atoms with Crippen molar-refractivity contribution in [2.45, 2.75) is 37.8 Å². The highest BCUT2D eigenvalue weighted by Crippen LogP contribution is 2.30. The Morgan fingerprint density at radius 2 is 1.74 bits per heavy atom. The lowest BCUT2D eigenvalue weighted by Gasteiger charge is -2.26. The first-order valence-corrected chi connectivity index (χ1v) is 6.03. The van der Waals surface area contributed by atoms with Gasteiger partial charge in [-0.15, -0.1) is 0 Å². The highest BCUT2D eigenvalue weighted by molar-refractivity contribution is 5.39. The zero-order valence-electron chi connectivity index (χ0n) is 10.1. The molecule has 0 radical (unpaired) electrons. The van der Waals surface area contributed by atoms with Crippen LogP contribution in [0.15, 0.2) is 12.1 Å². The van der Waals surface area contributed by atoms with Gasteiger partial charge in [0.1, 0.15) is 0 Å². The normalized spacial score (nSPS) is 23.1. The van der Waals surface area contributed by atoms with E-state index in [-0.39, 0.29) is 12.1 Å². The molecule has 0 amide bonds. The van der Waals surface area contributed by atoms with Gasteiger partial charge in [-0.25, -0.2) is 8.78 Å². The van der Waals surface area contributed by atoms with Crippen LogP contribution in [0.3, 0.4) is 0 Å². The number of non-ortho nitro benzene ring substituents is 1. The summed E-state index contributed by atoms with van der Waals surface area (Å²) >= 11 is 0. The lowest BCUT2D eigenvalue weighted by molar-refractivity contribution is -0.385. The van der Waals surface area contributed by atoms with Crippen LogP contribution >= 0.6 is 0 Å². The summed E-state index contributed by atoms with van der Waals surface area (Å²) in [5.74, 6) is -2.66. The van der Waals surface area contributed by atoms with Crippen LogP contribution in [0.4, 0.5) is 14.5 Å². The van der Waals surface area contributed by atoms with E-state index >= 15 is 0 Å². The van der Waals surface area contributed by atoms with Crippen molar-refractivity contribution in [2.75, 3.05) is 0 Å². The lowest BCUT2D eigenvalue weighted by atomic mass is 9.94. The molecule has 1 aliphatic carbocycles. The Morgan fingerprint density at radius 3 is 2.21 bits per heavy atom. The number of benzene rings is 1. The van der Waals surface area contributed by atoms with E-state index in [4.69, 9.17) is 10.5 Å². The predicted molar refractivity (Wildman–Crippen MR) is 63.9 cm³/mol. The Balaban J connectivity index is 2.14. The van der Waals surface area contributed by atoms with Crippen molar-refractivity contribution in [3.8, 4) is 5.75 Å². The number of nitrogens with zero attached hydrogens (tertiary/aromatic N) is 1. The molecular weight excluding hydrogens is 258 g/mol. The van der Waals surface area contributed by atoms with E-state index in [2.05, 4.69) is 0 Å². The van der Waals surface area contributed by atoms with Gasteiger partial charge in [0.25, 0.3) is 5.69 Å². The molecule has 1 aromatic rings. The summed E-state index contributed by atoms with van der Waals surface area (Å²) in [6, 6.07) is 1.42. The molecule has 1 aliphatic rings. The van der Waals surface area contributed by atoms with Crippen molar-refractivity contribution in [3.63, 3.8) is 0 Å². The summed E-state index contributed by atoms with van der Waals surface area (Å²) in [7, 11) is 0. The number of ether oxygens (including phenoxy) is 1. The van der Waals surface area contributed by atoms with Crippen LogP contribution in [0.5, 0.6) is 5.75 Å². The SMILES string of the molecule is NC1CCC(Oc2c(F)cc([N+](=O)[O-])cc2F)CC1. The molecule has 19 heavy (non-hydrogen) atoms. The van der Waals surface area contributed by atoms with E-state index < -0.39 is 28.0 Å². The molecule has 0 saturated heterocycles. The second-order valence-corrected chi connectivity index (χ2v) is 4.65. The number of nitrogens with two attached hydrogens (primary N) is 1. The van der Waals surface area contributed by atoms with Gasteiger partial charge in [0.2, 0.25) is 0 Å². The Kier molecular flexibility index (Phi) is 3.94. The van der Waals surface area contributed by atoms with Gasteiger partial charge in [-0.2, -0.15) is 0 Å². The summed E-state index contributed by atoms with van der Waals surface area (Å²) < 4.78 is 32.5. The molecule has 1 saturated carbocycles. The minimum Gasteiger partial charge on any atom is -0.484 e. The maximum Gasteiger partial charge on any atom is 0.275 e. The number of nitro benzene ring substituents is 1. The third-order valence-corrected chi connectivity index (χ3v) is 3.20. The van der Waals surface area contributed by atoms with Crippen molar-refractivity contribution in [1.29, 1.82) is 0 Å². The summed E-state index contributed by atoms with van der Waals surface area (Å²) in [6.07, 6.45) is 2.42. The van der Waals surface area contributed by atoms with E-state index in [9.17, 15) is 18.9 Å². The first-order chi connectivity index (χ1) is 8.97. The van der Waals surface area contributed by atoms with E-state index in [1.807, 2.05) is 0 Å². The molecule has 2 rings (SSSR count). The molecule has 104 valence electrons. The number of halogens is 2. The van der Waals surface area contributed by atoms with Crippen LogP contribution in [-0.2, 0) is 0 Å².